The quantitative estimate of drug-likeness (QED) is 0.476. The van der Waals surface area contributed by atoms with Gasteiger partial charge in [-0.3, -0.25) is 4.79 Å². The average Bonchev–Trinajstić information content (AvgIpc) is 3.55. The number of nitrogens with zero attached hydrogens (tertiary/aromatic N) is 3. The van der Waals surface area contributed by atoms with Gasteiger partial charge in [-0.2, -0.15) is 0 Å². The highest BCUT2D eigenvalue weighted by Crippen LogP contribution is 2.34. The van der Waals surface area contributed by atoms with Crippen molar-refractivity contribution in [2.45, 2.75) is 44.8 Å². The average molecular weight is 464 g/mol. The monoisotopic (exact) mass is 463 g/mol. The summed E-state index contributed by atoms with van der Waals surface area (Å²) in [6.45, 7) is 3.14. The fraction of sp³-hybridized carbons (Fsp3) is 0.407. The van der Waals surface area contributed by atoms with Crippen LogP contribution in [0, 0.1) is 5.82 Å². The summed E-state index contributed by atoms with van der Waals surface area (Å²) in [5.74, 6) is -0.162. The van der Waals surface area contributed by atoms with Gasteiger partial charge < -0.3 is 19.1 Å². The number of rotatable bonds is 7. The highest BCUT2D eigenvalue weighted by Gasteiger charge is 2.30. The fourth-order valence-corrected chi connectivity index (χ4v) is 4.86. The molecule has 6 nitrogen and oxygen atoms in total. The van der Waals surface area contributed by atoms with Crippen molar-refractivity contribution in [3.63, 3.8) is 0 Å². The molecule has 3 aromatic rings. The van der Waals surface area contributed by atoms with Crippen molar-refractivity contribution >= 4 is 11.8 Å². The molecule has 0 N–H and O–H groups in total. The van der Waals surface area contributed by atoms with E-state index in [0.717, 1.165) is 55.6 Å². The molecule has 1 unspecified atom stereocenters. The Balaban J connectivity index is 1.53. The maximum absolute atomic E-state index is 14.6. The zero-order valence-corrected chi connectivity index (χ0v) is 19.3. The summed E-state index contributed by atoms with van der Waals surface area (Å²) in [5.41, 5.74) is 2.58. The molecule has 2 saturated heterocycles. The summed E-state index contributed by atoms with van der Waals surface area (Å²) in [6.07, 6.45) is 5.17. The van der Waals surface area contributed by atoms with Crippen molar-refractivity contribution in [2.24, 2.45) is 0 Å². The molecule has 1 aromatic heterocycles. The number of halogens is 1. The molecule has 3 heterocycles. The van der Waals surface area contributed by atoms with Crippen LogP contribution in [-0.4, -0.2) is 48.3 Å². The Morgan fingerprint density at radius 2 is 1.79 bits per heavy atom. The Morgan fingerprint density at radius 3 is 2.53 bits per heavy atom. The molecule has 7 heteroatoms. The van der Waals surface area contributed by atoms with Crippen LogP contribution in [0.5, 0.6) is 0 Å². The molecule has 1 amide bonds. The van der Waals surface area contributed by atoms with Gasteiger partial charge in [-0.1, -0.05) is 47.6 Å². The Bertz CT molecular complexity index is 1110. The van der Waals surface area contributed by atoms with E-state index in [1.807, 2.05) is 30.3 Å². The number of hydrogen-bond donors (Lipinski definition) is 0. The lowest BCUT2D eigenvalue weighted by Crippen LogP contribution is -2.38. The van der Waals surface area contributed by atoms with Gasteiger partial charge in [0.15, 0.2) is 0 Å². The van der Waals surface area contributed by atoms with Crippen LogP contribution in [0.2, 0.25) is 0 Å². The van der Waals surface area contributed by atoms with Crippen molar-refractivity contribution < 1.29 is 18.4 Å². The minimum Gasteiger partial charge on any atom is -0.376 e. The highest BCUT2D eigenvalue weighted by molar-refractivity contribution is 5.94. The van der Waals surface area contributed by atoms with E-state index in [2.05, 4.69) is 10.1 Å². The second kappa shape index (κ2) is 10.4. The highest BCUT2D eigenvalue weighted by atomic mass is 19.1. The number of amides is 1. The summed E-state index contributed by atoms with van der Waals surface area (Å²) in [7, 11) is 0. The van der Waals surface area contributed by atoms with E-state index in [9.17, 15) is 9.18 Å². The van der Waals surface area contributed by atoms with E-state index in [1.54, 1.807) is 17.0 Å². The molecule has 2 fully saturated rings. The van der Waals surface area contributed by atoms with Crippen molar-refractivity contribution in [1.82, 2.24) is 10.1 Å². The molecular weight excluding hydrogens is 433 g/mol. The van der Waals surface area contributed by atoms with Crippen molar-refractivity contribution in [2.75, 3.05) is 31.1 Å². The van der Waals surface area contributed by atoms with Crippen LogP contribution >= 0.6 is 0 Å². The van der Waals surface area contributed by atoms with Crippen LogP contribution in [0.4, 0.5) is 10.3 Å². The molecule has 2 aliphatic rings. The minimum absolute atomic E-state index is 0.0609. The van der Waals surface area contributed by atoms with Crippen LogP contribution < -0.4 is 4.90 Å². The zero-order valence-electron chi connectivity index (χ0n) is 19.3. The largest absolute Gasteiger partial charge is 0.376 e. The molecule has 178 valence electrons. The minimum atomic E-state index is -0.519. The maximum Gasteiger partial charge on any atom is 0.257 e. The molecule has 34 heavy (non-hydrogen) atoms. The number of anilines is 1. The standard InChI is InChI=1S/C27H30FN3O3/c28-24-14-6-5-13-22(24)26(32)31(18-21-12-9-17-33-21)19-23-25(20-10-3-1-4-11-20)29-34-27(23)30-15-7-2-8-16-30/h1,3-6,10-11,13-14,21H,2,7-9,12,15-19H2. The molecule has 0 bridgehead atoms. The van der Waals surface area contributed by atoms with E-state index in [-0.39, 0.29) is 24.1 Å². The van der Waals surface area contributed by atoms with Gasteiger partial charge in [0, 0.05) is 31.8 Å². The third-order valence-electron chi connectivity index (χ3n) is 6.65. The molecule has 2 aliphatic heterocycles. The number of aromatic nitrogens is 1. The number of hydrogen-bond acceptors (Lipinski definition) is 5. The van der Waals surface area contributed by atoms with Crippen molar-refractivity contribution in [3.8, 4) is 11.3 Å². The van der Waals surface area contributed by atoms with Crippen molar-refractivity contribution in [3.05, 3.63) is 71.5 Å². The van der Waals surface area contributed by atoms with Crippen molar-refractivity contribution in [1.29, 1.82) is 0 Å². The number of benzene rings is 2. The first-order valence-electron chi connectivity index (χ1n) is 12.1. The number of ether oxygens (including phenoxy) is 1. The SMILES string of the molecule is O=C(c1ccccc1F)N(Cc1c(-c2ccccc2)noc1N1CCCCC1)CC1CCCO1. The molecule has 2 aromatic carbocycles. The van der Waals surface area contributed by atoms with Crippen LogP contribution in [0.3, 0.4) is 0 Å². The second-order valence-electron chi connectivity index (χ2n) is 9.03. The van der Waals surface area contributed by atoms with E-state index in [4.69, 9.17) is 9.26 Å². The number of carbonyl (C=O) groups is 1. The maximum atomic E-state index is 14.6. The van der Waals surface area contributed by atoms with Gasteiger partial charge in [-0.25, -0.2) is 4.39 Å². The first-order valence-corrected chi connectivity index (χ1v) is 12.1. The third-order valence-corrected chi connectivity index (χ3v) is 6.65. The topological polar surface area (TPSA) is 58.8 Å². The van der Waals surface area contributed by atoms with Crippen LogP contribution in [-0.2, 0) is 11.3 Å². The molecule has 0 saturated carbocycles. The van der Waals surface area contributed by atoms with Gasteiger partial charge in [0.05, 0.1) is 23.8 Å². The number of piperidine rings is 1. The molecule has 0 aliphatic carbocycles. The molecule has 1 atom stereocenters. The van der Waals surface area contributed by atoms with Gasteiger partial charge in [-0.15, -0.1) is 0 Å². The summed E-state index contributed by atoms with van der Waals surface area (Å²) in [6, 6.07) is 16.0. The molecule has 0 spiro atoms. The van der Waals surface area contributed by atoms with Crippen LogP contribution in [0.1, 0.15) is 48.0 Å². The van der Waals surface area contributed by atoms with Crippen LogP contribution in [0.25, 0.3) is 11.3 Å². The lowest BCUT2D eigenvalue weighted by atomic mass is 10.0. The lowest BCUT2D eigenvalue weighted by Gasteiger charge is -2.29. The zero-order chi connectivity index (χ0) is 23.3. The molecule has 5 rings (SSSR count). The lowest BCUT2D eigenvalue weighted by molar-refractivity contribution is 0.0504. The Hall–Kier alpha value is -3.19. The number of carbonyl (C=O) groups excluding carboxylic acids is 1. The Labute approximate surface area is 199 Å². The molecule has 0 radical (unpaired) electrons. The Kier molecular flexibility index (Phi) is 6.90. The summed E-state index contributed by atoms with van der Waals surface area (Å²) in [4.78, 5) is 17.5. The van der Waals surface area contributed by atoms with E-state index < -0.39 is 5.82 Å². The second-order valence-corrected chi connectivity index (χ2v) is 9.03. The van der Waals surface area contributed by atoms with E-state index in [1.165, 1.54) is 18.6 Å². The first-order chi connectivity index (χ1) is 16.7. The van der Waals surface area contributed by atoms with Gasteiger partial charge in [-0.05, 0) is 44.2 Å². The smallest absolute Gasteiger partial charge is 0.257 e. The first kappa shape index (κ1) is 22.6. The summed E-state index contributed by atoms with van der Waals surface area (Å²) in [5, 5.41) is 4.44. The fourth-order valence-electron chi connectivity index (χ4n) is 4.86. The summed E-state index contributed by atoms with van der Waals surface area (Å²) >= 11 is 0. The predicted octanol–water partition coefficient (Wildman–Crippen LogP) is 5.29. The van der Waals surface area contributed by atoms with Gasteiger partial charge in [0.2, 0.25) is 5.88 Å². The van der Waals surface area contributed by atoms with Crippen LogP contribution in [0.15, 0.2) is 59.1 Å². The molecular formula is C27H30FN3O3. The van der Waals surface area contributed by atoms with Gasteiger partial charge >= 0.3 is 0 Å². The van der Waals surface area contributed by atoms with Gasteiger partial charge in [0.25, 0.3) is 5.91 Å². The Morgan fingerprint density at radius 1 is 1.03 bits per heavy atom. The predicted molar refractivity (Wildman–Crippen MR) is 128 cm³/mol. The van der Waals surface area contributed by atoms with E-state index >= 15 is 0 Å². The summed E-state index contributed by atoms with van der Waals surface area (Å²) < 4.78 is 26.3. The third kappa shape index (κ3) is 4.85. The van der Waals surface area contributed by atoms with E-state index in [0.29, 0.717) is 19.0 Å². The van der Waals surface area contributed by atoms with Gasteiger partial charge in [0.1, 0.15) is 11.5 Å². The normalized spacial score (nSPS) is 18.3.